The van der Waals surface area contributed by atoms with Crippen molar-refractivity contribution < 1.29 is 13.2 Å². The molecule has 0 fully saturated rings. The monoisotopic (exact) mass is 321 g/mol. The molecule has 0 aromatic heterocycles. The van der Waals surface area contributed by atoms with Crippen LogP contribution < -0.4 is 15.4 Å². The van der Waals surface area contributed by atoms with Crippen molar-refractivity contribution in [3.05, 3.63) is 29.8 Å². The molecule has 20 heavy (non-hydrogen) atoms. The fourth-order valence-corrected chi connectivity index (χ4v) is 2.08. The summed E-state index contributed by atoms with van der Waals surface area (Å²) in [5.41, 5.74) is 0.593. The number of carbonyl (C=O) groups is 1. The number of likely N-dealkylation sites (N-methyl/N-ethyl adjacent to an activating group) is 1. The maximum Gasteiger partial charge on any atom is 0.253 e. The molecule has 0 bridgehead atoms. The van der Waals surface area contributed by atoms with Gasteiger partial charge in [0.05, 0.1) is 17.5 Å². The number of sulfonamides is 1. The van der Waals surface area contributed by atoms with Crippen LogP contribution in [0.1, 0.15) is 17.3 Å². The molecule has 0 saturated heterocycles. The molecule has 0 aliphatic rings. The van der Waals surface area contributed by atoms with Gasteiger partial charge in [-0.3, -0.25) is 9.52 Å². The standard InChI is InChI=1S/C12H19N3O3S.ClH/c1-3-13-8-9-14-12(16)10-6-4-5-7-11(10)15-19(2,17)18;/h4-7,13,15H,3,8-9H2,1-2H3,(H,14,16);1H. The molecule has 6 nitrogen and oxygen atoms in total. The SMILES string of the molecule is CCNCCNC(=O)c1ccccc1NS(C)(=O)=O.Cl. The fraction of sp³-hybridized carbons (Fsp3) is 0.417. The van der Waals surface area contributed by atoms with Crippen LogP contribution in [-0.4, -0.2) is 40.2 Å². The Morgan fingerprint density at radius 2 is 1.85 bits per heavy atom. The van der Waals surface area contributed by atoms with Crippen molar-refractivity contribution in [3.8, 4) is 0 Å². The van der Waals surface area contributed by atoms with Crippen molar-refractivity contribution in [1.29, 1.82) is 0 Å². The predicted octanol–water partition coefficient (Wildman–Crippen LogP) is 0.819. The second kappa shape index (κ2) is 8.78. The first-order valence-electron chi connectivity index (χ1n) is 5.99. The summed E-state index contributed by atoms with van der Waals surface area (Å²) in [6, 6.07) is 6.49. The molecule has 0 heterocycles. The van der Waals surface area contributed by atoms with E-state index in [1.165, 1.54) is 0 Å². The van der Waals surface area contributed by atoms with E-state index in [0.29, 0.717) is 18.7 Å². The smallest absolute Gasteiger partial charge is 0.253 e. The topological polar surface area (TPSA) is 87.3 Å². The second-order valence-electron chi connectivity index (χ2n) is 4.03. The van der Waals surface area contributed by atoms with E-state index >= 15 is 0 Å². The van der Waals surface area contributed by atoms with Gasteiger partial charge in [-0.05, 0) is 18.7 Å². The number of carbonyl (C=O) groups excluding carboxylic acids is 1. The number of para-hydroxylation sites is 1. The van der Waals surface area contributed by atoms with Gasteiger partial charge in [0.25, 0.3) is 5.91 Å². The molecule has 0 spiro atoms. The minimum atomic E-state index is -3.40. The summed E-state index contributed by atoms with van der Waals surface area (Å²) in [5.74, 6) is -0.301. The first-order chi connectivity index (χ1) is 8.94. The van der Waals surface area contributed by atoms with E-state index in [1.807, 2.05) is 6.92 Å². The number of rotatable bonds is 7. The fourth-order valence-electron chi connectivity index (χ4n) is 1.51. The largest absolute Gasteiger partial charge is 0.351 e. The van der Waals surface area contributed by atoms with Gasteiger partial charge in [-0.15, -0.1) is 12.4 Å². The highest BCUT2D eigenvalue weighted by Crippen LogP contribution is 2.15. The average molecular weight is 322 g/mol. The summed E-state index contributed by atoms with van der Waals surface area (Å²) in [6.45, 7) is 3.97. The van der Waals surface area contributed by atoms with Crippen LogP contribution in [-0.2, 0) is 10.0 Å². The van der Waals surface area contributed by atoms with E-state index in [-0.39, 0.29) is 24.0 Å². The van der Waals surface area contributed by atoms with Crippen LogP contribution in [0.15, 0.2) is 24.3 Å². The van der Waals surface area contributed by atoms with Crippen LogP contribution in [0.25, 0.3) is 0 Å². The molecule has 0 aliphatic heterocycles. The Kier molecular flexibility index (Phi) is 8.21. The molecule has 1 aromatic rings. The van der Waals surface area contributed by atoms with Crippen LogP contribution in [0.5, 0.6) is 0 Å². The van der Waals surface area contributed by atoms with E-state index in [0.717, 1.165) is 12.8 Å². The summed E-state index contributed by atoms with van der Waals surface area (Å²) >= 11 is 0. The molecule has 0 atom stereocenters. The molecule has 0 aliphatic carbocycles. The Labute approximate surface area is 125 Å². The zero-order valence-corrected chi connectivity index (χ0v) is 13.1. The molecule has 114 valence electrons. The van der Waals surface area contributed by atoms with E-state index in [4.69, 9.17) is 0 Å². The van der Waals surface area contributed by atoms with Crippen LogP contribution in [0.2, 0.25) is 0 Å². The predicted molar refractivity (Wildman–Crippen MR) is 83.0 cm³/mol. The summed E-state index contributed by atoms with van der Waals surface area (Å²) in [6.07, 6.45) is 1.05. The zero-order valence-electron chi connectivity index (χ0n) is 11.5. The van der Waals surface area contributed by atoms with Crippen LogP contribution in [0.4, 0.5) is 5.69 Å². The van der Waals surface area contributed by atoms with Gasteiger partial charge < -0.3 is 10.6 Å². The van der Waals surface area contributed by atoms with Gasteiger partial charge in [0.1, 0.15) is 0 Å². The highest BCUT2D eigenvalue weighted by Gasteiger charge is 2.12. The number of halogens is 1. The van der Waals surface area contributed by atoms with Crippen molar-refractivity contribution in [2.75, 3.05) is 30.6 Å². The Balaban J connectivity index is 0.00000361. The van der Waals surface area contributed by atoms with Crippen molar-refractivity contribution in [2.24, 2.45) is 0 Å². The summed E-state index contributed by atoms with van der Waals surface area (Å²) in [7, 11) is -3.40. The minimum absolute atomic E-state index is 0. The van der Waals surface area contributed by atoms with E-state index in [2.05, 4.69) is 15.4 Å². The lowest BCUT2D eigenvalue weighted by atomic mass is 10.1. The number of anilines is 1. The van der Waals surface area contributed by atoms with Gasteiger partial charge in [-0.2, -0.15) is 0 Å². The molecule has 3 N–H and O–H groups in total. The molecule has 8 heteroatoms. The molecule has 0 radical (unpaired) electrons. The summed E-state index contributed by atoms with van der Waals surface area (Å²) < 4.78 is 24.8. The third-order valence-corrected chi connectivity index (χ3v) is 2.90. The highest BCUT2D eigenvalue weighted by atomic mass is 35.5. The maximum absolute atomic E-state index is 11.9. The summed E-state index contributed by atoms with van der Waals surface area (Å²) in [4.78, 5) is 11.9. The van der Waals surface area contributed by atoms with Gasteiger partial charge in [0, 0.05) is 13.1 Å². The molecular formula is C12H20ClN3O3S. The molecule has 0 saturated carbocycles. The van der Waals surface area contributed by atoms with Crippen LogP contribution in [0, 0.1) is 0 Å². The first-order valence-corrected chi connectivity index (χ1v) is 7.89. The Hall–Kier alpha value is -1.31. The first kappa shape index (κ1) is 18.7. The van der Waals surface area contributed by atoms with Crippen molar-refractivity contribution >= 4 is 34.0 Å². The molecular weight excluding hydrogens is 302 g/mol. The van der Waals surface area contributed by atoms with E-state index in [1.54, 1.807) is 24.3 Å². The Morgan fingerprint density at radius 3 is 2.45 bits per heavy atom. The molecule has 0 unspecified atom stereocenters. The third-order valence-electron chi connectivity index (χ3n) is 2.30. The maximum atomic E-state index is 11.9. The van der Waals surface area contributed by atoms with Crippen molar-refractivity contribution in [2.45, 2.75) is 6.92 Å². The lowest BCUT2D eigenvalue weighted by molar-refractivity contribution is 0.0955. The van der Waals surface area contributed by atoms with E-state index in [9.17, 15) is 13.2 Å². The number of benzene rings is 1. The van der Waals surface area contributed by atoms with Gasteiger partial charge >= 0.3 is 0 Å². The van der Waals surface area contributed by atoms with Crippen LogP contribution >= 0.6 is 12.4 Å². The second-order valence-corrected chi connectivity index (χ2v) is 5.78. The lowest BCUT2D eigenvalue weighted by Crippen LogP contribution is -2.32. The number of amides is 1. The molecule has 1 aromatic carbocycles. The van der Waals surface area contributed by atoms with Crippen molar-refractivity contribution in [1.82, 2.24) is 10.6 Å². The van der Waals surface area contributed by atoms with Crippen molar-refractivity contribution in [3.63, 3.8) is 0 Å². The number of hydrogen-bond acceptors (Lipinski definition) is 4. The highest BCUT2D eigenvalue weighted by molar-refractivity contribution is 7.92. The zero-order chi connectivity index (χ0) is 14.3. The minimum Gasteiger partial charge on any atom is -0.351 e. The van der Waals surface area contributed by atoms with Gasteiger partial charge in [-0.1, -0.05) is 19.1 Å². The van der Waals surface area contributed by atoms with Gasteiger partial charge in [-0.25, -0.2) is 8.42 Å². The van der Waals surface area contributed by atoms with Crippen LogP contribution in [0.3, 0.4) is 0 Å². The summed E-state index contributed by atoms with van der Waals surface area (Å²) in [5, 5.41) is 5.81. The quantitative estimate of drug-likeness (QED) is 0.649. The Bertz CT molecular complexity index is 535. The third kappa shape index (κ3) is 6.74. The number of nitrogens with one attached hydrogen (secondary N) is 3. The molecule has 1 amide bonds. The average Bonchev–Trinajstić information content (AvgIpc) is 2.33. The van der Waals surface area contributed by atoms with Gasteiger partial charge in [0.15, 0.2) is 0 Å². The normalized spacial score (nSPS) is 10.5. The lowest BCUT2D eigenvalue weighted by Gasteiger charge is -2.11. The molecule has 1 rings (SSSR count). The Morgan fingerprint density at radius 1 is 1.20 bits per heavy atom. The number of hydrogen-bond donors (Lipinski definition) is 3. The van der Waals surface area contributed by atoms with E-state index < -0.39 is 10.0 Å². The van der Waals surface area contributed by atoms with Gasteiger partial charge in [0.2, 0.25) is 10.0 Å².